The van der Waals surface area contributed by atoms with Crippen molar-refractivity contribution in [2.45, 2.75) is 19.3 Å². The molecule has 6 nitrogen and oxygen atoms in total. The van der Waals surface area contributed by atoms with E-state index in [2.05, 4.69) is 18.2 Å². The van der Waals surface area contributed by atoms with E-state index in [1.165, 1.54) is 11.5 Å². The summed E-state index contributed by atoms with van der Waals surface area (Å²) >= 11 is 0. The van der Waals surface area contributed by atoms with Gasteiger partial charge in [0, 0.05) is 12.1 Å². The van der Waals surface area contributed by atoms with Crippen molar-refractivity contribution in [3.63, 3.8) is 0 Å². The molecule has 0 unspecified atom stereocenters. The molecular weight excluding hydrogens is 480 g/mol. The van der Waals surface area contributed by atoms with Gasteiger partial charge in [-0.1, -0.05) is 30.3 Å². The number of furan rings is 1. The molecule has 2 aromatic heterocycles. The molecule has 0 aliphatic rings. The molecule has 0 bridgehead atoms. The highest BCUT2D eigenvalue weighted by molar-refractivity contribution is 6.01. The maximum atomic E-state index is 11.6. The first-order valence-corrected chi connectivity index (χ1v) is 12.7. The Morgan fingerprint density at radius 1 is 0.605 bits per heavy atom. The quantitative estimate of drug-likeness (QED) is 0.138. The Labute approximate surface area is 219 Å². The van der Waals surface area contributed by atoms with Crippen molar-refractivity contribution < 1.29 is 23.0 Å². The van der Waals surface area contributed by atoms with Gasteiger partial charge in [-0.05, 0) is 78.6 Å². The van der Waals surface area contributed by atoms with Crippen LogP contribution >= 0.6 is 0 Å². The Bertz CT molecular complexity index is 1750. The van der Waals surface area contributed by atoms with Gasteiger partial charge in [-0.25, -0.2) is 4.79 Å². The maximum Gasteiger partial charge on any atom is 0.336 e. The number of fused-ring (bicyclic) bond motifs is 3. The minimum atomic E-state index is -0.401. The maximum absolute atomic E-state index is 11.6. The van der Waals surface area contributed by atoms with Gasteiger partial charge in [0.1, 0.15) is 34.2 Å². The molecule has 6 aromatic rings. The lowest BCUT2D eigenvalue weighted by Gasteiger charge is -2.11. The number of hydrogen-bond acceptors (Lipinski definition) is 6. The van der Waals surface area contributed by atoms with Gasteiger partial charge in [-0.15, -0.1) is 0 Å². The smallest absolute Gasteiger partial charge is 0.336 e. The van der Waals surface area contributed by atoms with Crippen molar-refractivity contribution in [1.29, 1.82) is 0 Å². The van der Waals surface area contributed by atoms with E-state index in [9.17, 15) is 4.79 Å². The predicted octanol–water partition coefficient (Wildman–Crippen LogP) is 8.11. The van der Waals surface area contributed by atoms with Crippen molar-refractivity contribution >= 4 is 32.7 Å². The minimum Gasteiger partial charge on any atom is -0.494 e. The molecule has 0 saturated heterocycles. The fraction of sp³-hybridized carbons (Fsp3) is 0.156. The minimum absolute atomic E-state index is 0.401. The van der Waals surface area contributed by atoms with E-state index in [4.69, 9.17) is 23.0 Å². The first-order valence-electron chi connectivity index (χ1n) is 12.7. The van der Waals surface area contributed by atoms with E-state index in [0.29, 0.717) is 30.1 Å². The first kappa shape index (κ1) is 23.7. The van der Waals surface area contributed by atoms with Crippen LogP contribution in [0.15, 0.2) is 111 Å². The van der Waals surface area contributed by atoms with Crippen LogP contribution in [0.2, 0.25) is 0 Å². The summed E-state index contributed by atoms with van der Waals surface area (Å²) in [4.78, 5) is 11.6. The summed E-state index contributed by atoms with van der Waals surface area (Å²) < 4.78 is 28.8. The molecule has 0 amide bonds. The summed E-state index contributed by atoms with van der Waals surface area (Å²) in [5.41, 5.74) is 0.683. The molecule has 4 aromatic carbocycles. The van der Waals surface area contributed by atoms with Crippen molar-refractivity contribution in [2.24, 2.45) is 0 Å². The molecule has 0 radical (unpaired) electrons. The standard InChI is InChI=1S/C32H26O6/c33-31-15-14-27-30(38-31)21-29-28(16-19-35-29)32(27)36-18-5-1-4-17-34-24-10-12-25(13-11-24)37-26-9-8-22-6-2-3-7-23(22)20-26/h2-3,6-16,19-21H,1,4-5,17-18H2. The van der Waals surface area contributed by atoms with Crippen LogP contribution in [0.4, 0.5) is 0 Å². The monoisotopic (exact) mass is 506 g/mol. The fourth-order valence-corrected chi connectivity index (χ4v) is 4.48. The number of unbranched alkanes of at least 4 members (excludes halogenated alkanes) is 2. The summed E-state index contributed by atoms with van der Waals surface area (Å²) in [6.07, 6.45) is 4.34. The molecule has 0 aliphatic heterocycles. The predicted molar refractivity (Wildman–Crippen MR) is 148 cm³/mol. The molecular formula is C32H26O6. The van der Waals surface area contributed by atoms with Gasteiger partial charge >= 0.3 is 5.63 Å². The second-order valence-electron chi connectivity index (χ2n) is 9.04. The molecule has 190 valence electrons. The van der Waals surface area contributed by atoms with Gasteiger partial charge in [0.25, 0.3) is 0 Å². The van der Waals surface area contributed by atoms with E-state index < -0.39 is 5.63 Å². The van der Waals surface area contributed by atoms with Crippen molar-refractivity contribution in [3.8, 4) is 23.0 Å². The molecule has 0 fully saturated rings. The zero-order valence-electron chi connectivity index (χ0n) is 20.7. The topological polar surface area (TPSA) is 71.0 Å². The van der Waals surface area contributed by atoms with E-state index in [1.807, 2.05) is 54.6 Å². The number of benzene rings is 4. The Morgan fingerprint density at radius 2 is 1.34 bits per heavy atom. The molecule has 0 aliphatic carbocycles. The van der Waals surface area contributed by atoms with Crippen LogP contribution in [-0.4, -0.2) is 13.2 Å². The largest absolute Gasteiger partial charge is 0.494 e. The van der Waals surface area contributed by atoms with E-state index >= 15 is 0 Å². The highest BCUT2D eigenvalue weighted by atomic mass is 16.5. The van der Waals surface area contributed by atoms with Crippen LogP contribution in [-0.2, 0) is 0 Å². The number of rotatable bonds is 10. The molecule has 2 heterocycles. The summed E-state index contributed by atoms with van der Waals surface area (Å²) in [7, 11) is 0. The normalized spacial score (nSPS) is 11.3. The van der Waals surface area contributed by atoms with Gasteiger partial charge in [0.05, 0.1) is 30.2 Å². The van der Waals surface area contributed by atoms with Crippen LogP contribution in [0, 0.1) is 0 Å². The third-order valence-corrected chi connectivity index (χ3v) is 6.39. The molecule has 38 heavy (non-hydrogen) atoms. The Morgan fingerprint density at radius 3 is 2.21 bits per heavy atom. The zero-order chi connectivity index (χ0) is 25.7. The fourth-order valence-electron chi connectivity index (χ4n) is 4.48. The van der Waals surface area contributed by atoms with Gasteiger partial charge in [-0.3, -0.25) is 0 Å². The highest BCUT2D eigenvalue weighted by Gasteiger charge is 2.13. The molecule has 0 spiro atoms. The SMILES string of the molecule is O=c1ccc2c(OCCCCCOc3ccc(Oc4ccc5ccccc5c4)cc3)c3ccoc3cc2o1. The van der Waals surface area contributed by atoms with Crippen LogP contribution in [0.25, 0.3) is 32.7 Å². The zero-order valence-corrected chi connectivity index (χ0v) is 20.7. The summed E-state index contributed by atoms with van der Waals surface area (Å²) in [6, 6.07) is 28.7. The highest BCUT2D eigenvalue weighted by Crippen LogP contribution is 2.35. The van der Waals surface area contributed by atoms with Crippen LogP contribution in [0.1, 0.15) is 19.3 Å². The average Bonchev–Trinajstić information content (AvgIpc) is 3.41. The second-order valence-corrected chi connectivity index (χ2v) is 9.04. The first-order chi connectivity index (χ1) is 18.7. The lowest BCUT2D eigenvalue weighted by molar-refractivity contribution is 0.282. The van der Waals surface area contributed by atoms with Gasteiger partial charge in [0.2, 0.25) is 0 Å². The lowest BCUT2D eigenvalue weighted by atomic mass is 10.1. The molecule has 6 heteroatoms. The second kappa shape index (κ2) is 10.7. The Kier molecular flexibility index (Phi) is 6.68. The number of hydrogen-bond donors (Lipinski definition) is 0. The summed E-state index contributed by atoms with van der Waals surface area (Å²) in [5.74, 6) is 3.06. The van der Waals surface area contributed by atoms with E-state index in [1.54, 1.807) is 18.4 Å². The average molecular weight is 507 g/mol. The van der Waals surface area contributed by atoms with Gasteiger partial charge in [0.15, 0.2) is 0 Å². The van der Waals surface area contributed by atoms with Crippen molar-refractivity contribution in [2.75, 3.05) is 13.2 Å². The molecule has 0 atom stereocenters. The Balaban J connectivity index is 0.963. The third-order valence-electron chi connectivity index (χ3n) is 6.39. The van der Waals surface area contributed by atoms with Crippen LogP contribution in [0.3, 0.4) is 0 Å². The van der Waals surface area contributed by atoms with Crippen LogP contribution in [0.5, 0.6) is 23.0 Å². The van der Waals surface area contributed by atoms with E-state index in [0.717, 1.165) is 52.7 Å². The van der Waals surface area contributed by atoms with E-state index in [-0.39, 0.29) is 0 Å². The summed E-state index contributed by atoms with van der Waals surface area (Å²) in [6.45, 7) is 1.16. The summed E-state index contributed by atoms with van der Waals surface area (Å²) in [5, 5.41) is 3.96. The van der Waals surface area contributed by atoms with Gasteiger partial charge < -0.3 is 23.0 Å². The van der Waals surface area contributed by atoms with Gasteiger partial charge in [-0.2, -0.15) is 0 Å². The Hall–Kier alpha value is -4.71. The lowest BCUT2D eigenvalue weighted by Crippen LogP contribution is -2.02. The van der Waals surface area contributed by atoms with Crippen molar-refractivity contribution in [1.82, 2.24) is 0 Å². The molecule has 6 rings (SSSR count). The molecule has 0 N–H and O–H groups in total. The third kappa shape index (κ3) is 5.20. The van der Waals surface area contributed by atoms with Crippen molar-refractivity contribution in [3.05, 3.63) is 108 Å². The van der Waals surface area contributed by atoms with Crippen LogP contribution < -0.4 is 19.8 Å². The molecule has 0 saturated carbocycles. The number of ether oxygens (including phenoxy) is 3.